The Morgan fingerprint density at radius 1 is 1.44 bits per heavy atom. The summed E-state index contributed by atoms with van der Waals surface area (Å²) in [6.45, 7) is -0.498. The fourth-order valence-corrected chi connectivity index (χ4v) is 0.953. The van der Waals surface area contributed by atoms with Crippen molar-refractivity contribution in [1.82, 2.24) is 5.32 Å². The van der Waals surface area contributed by atoms with Crippen molar-refractivity contribution < 1.29 is 19.1 Å². The predicted octanol–water partition coefficient (Wildman–Crippen LogP) is 0.614. The maximum absolute atomic E-state index is 12.8. The molecule has 0 aliphatic carbocycles. The summed E-state index contributed by atoms with van der Waals surface area (Å²) >= 11 is 0. The van der Waals surface area contributed by atoms with E-state index in [0.29, 0.717) is 0 Å². The molecule has 2 amide bonds. The van der Waals surface area contributed by atoms with E-state index in [1.165, 1.54) is 12.1 Å². The molecule has 7 heteroatoms. The van der Waals surface area contributed by atoms with E-state index in [2.05, 4.69) is 10.6 Å². The first-order valence-corrected chi connectivity index (χ1v) is 4.30. The topological polar surface area (TPSA) is 104 Å². The first-order valence-electron chi connectivity index (χ1n) is 4.30. The summed E-state index contributed by atoms with van der Waals surface area (Å²) in [5, 5.41) is 12.7. The summed E-state index contributed by atoms with van der Waals surface area (Å²) in [4.78, 5) is 21.2. The minimum Gasteiger partial charge on any atom is -0.480 e. The lowest BCUT2D eigenvalue weighted by atomic mass is 10.3. The molecule has 0 aromatic heterocycles. The Kier molecular flexibility index (Phi) is 3.65. The maximum Gasteiger partial charge on any atom is 0.323 e. The van der Waals surface area contributed by atoms with Gasteiger partial charge in [0, 0.05) is 5.69 Å². The summed E-state index contributed by atoms with van der Waals surface area (Å²) in [5.41, 5.74) is 5.46. The molecule has 0 fully saturated rings. The Hall–Kier alpha value is -2.31. The number of carboxylic acids is 1. The van der Waals surface area contributed by atoms with E-state index in [1.807, 2.05) is 0 Å². The van der Waals surface area contributed by atoms with Gasteiger partial charge in [-0.05, 0) is 18.2 Å². The quantitative estimate of drug-likeness (QED) is 0.568. The molecule has 0 saturated heterocycles. The van der Waals surface area contributed by atoms with Crippen LogP contribution in [0.5, 0.6) is 0 Å². The number of carboxylic acid groups (broad SMARTS) is 1. The standard InChI is InChI=1S/C9H10FN3O3/c10-6-2-1-5(3-7(6)11)13-9(16)12-4-8(14)15/h1-3H,4,11H2,(H,14,15)(H2,12,13,16). The van der Waals surface area contributed by atoms with E-state index in [4.69, 9.17) is 10.8 Å². The van der Waals surface area contributed by atoms with Crippen molar-refractivity contribution in [2.45, 2.75) is 0 Å². The van der Waals surface area contributed by atoms with Crippen LogP contribution in [0.2, 0.25) is 0 Å². The van der Waals surface area contributed by atoms with E-state index in [-0.39, 0.29) is 11.4 Å². The number of aliphatic carboxylic acids is 1. The van der Waals surface area contributed by atoms with Crippen LogP contribution >= 0.6 is 0 Å². The Balaban J connectivity index is 2.56. The molecule has 0 unspecified atom stereocenters. The normalized spacial score (nSPS) is 9.56. The Morgan fingerprint density at radius 2 is 2.12 bits per heavy atom. The largest absolute Gasteiger partial charge is 0.480 e. The maximum atomic E-state index is 12.8. The summed E-state index contributed by atoms with van der Waals surface area (Å²) in [7, 11) is 0. The van der Waals surface area contributed by atoms with Gasteiger partial charge in [-0.1, -0.05) is 0 Å². The molecule has 5 N–H and O–H groups in total. The number of carbonyl (C=O) groups excluding carboxylic acids is 1. The highest BCUT2D eigenvalue weighted by molar-refractivity contribution is 5.91. The number of nitrogens with one attached hydrogen (secondary N) is 2. The molecule has 1 aromatic rings. The molecule has 86 valence electrons. The van der Waals surface area contributed by atoms with Crippen LogP contribution < -0.4 is 16.4 Å². The Labute approximate surface area is 90.2 Å². The number of halogens is 1. The van der Waals surface area contributed by atoms with Crippen molar-refractivity contribution in [2.75, 3.05) is 17.6 Å². The number of benzene rings is 1. The number of rotatable bonds is 3. The zero-order chi connectivity index (χ0) is 12.1. The highest BCUT2D eigenvalue weighted by atomic mass is 19.1. The van der Waals surface area contributed by atoms with Crippen LogP contribution in [-0.4, -0.2) is 23.7 Å². The van der Waals surface area contributed by atoms with Crippen LogP contribution in [0.3, 0.4) is 0 Å². The monoisotopic (exact) mass is 227 g/mol. The number of amides is 2. The van der Waals surface area contributed by atoms with Crippen LogP contribution in [0, 0.1) is 5.82 Å². The molecular weight excluding hydrogens is 217 g/mol. The van der Waals surface area contributed by atoms with Crippen molar-refractivity contribution in [3.05, 3.63) is 24.0 Å². The third-order valence-corrected chi connectivity index (χ3v) is 1.65. The minimum atomic E-state index is -1.16. The van der Waals surface area contributed by atoms with Gasteiger partial charge in [0.05, 0.1) is 5.69 Å². The summed E-state index contributed by atoms with van der Waals surface area (Å²) in [5.74, 6) is -1.75. The fourth-order valence-electron chi connectivity index (χ4n) is 0.953. The van der Waals surface area contributed by atoms with Crippen molar-refractivity contribution in [3.8, 4) is 0 Å². The van der Waals surface area contributed by atoms with Crippen LogP contribution in [0.15, 0.2) is 18.2 Å². The van der Waals surface area contributed by atoms with Gasteiger partial charge in [0.1, 0.15) is 12.4 Å². The van der Waals surface area contributed by atoms with Crippen molar-refractivity contribution in [2.24, 2.45) is 0 Å². The molecule has 0 saturated carbocycles. The van der Waals surface area contributed by atoms with E-state index in [1.54, 1.807) is 0 Å². The van der Waals surface area contributed by atoms with E-state index >= 15 is 0 Å². The zero-order valence-corrected chi connectivity index (χ0v) is 8.16. The molecule has 0 heterocycles. The van der Waals surface area contributed by atoms with Crippen LogP contribution in [0.25, 0.3) is 0 Å². The number of nitrogens with two attached hydrogens (primary N) is 1. The second-order valence-corrected chi connectivity index (χ2v) is 2.94. The molecular formula is C9H10FN3O3. The predicted molar refractivity (Wildman–Crippen MR) is 55.5 cm³/mol. The van der Waals surface area contributed by atoms with E-state index < -0.39 is 24.4 Å². The van der Waals surface area contributed by atoms with Gasteiger partial charge in [0.15, 0.2) is 0 Å². The lowest BCUT2D eigenvalue weighted by molar-refractivity contribution is -0.135. The first kappa shape index (κ1) is 11.8. The molecule has 16 heavy (non-hydrogen) atoms. The lowest BCUT2D eigenvalue weighted by Crippen LogP contribution is -2.33. The third kappa shape index (κ3) is 3.45. The van der Waals surface area contributed by atoms with Crippen LogP contribution in [0.4, 0.5) is 20.6 Å². The average molecular weight is 227 g/mol. The molecule has 0 spiro atoms. The molecule has 1 rings (SSSR count). The number of urea groups is 1. The molecule has 0 aliphatic rings. The van der Waals surface area contributed by atoms with E-state index in [9.17, 15) is 14.0 Å². The van der Waals surface area contributed by atoms with Crippen LogP contribution in [0.1, 0.15) is 0 Å². The fraction of sp³-hybridized carbons (Fsp3) is 0.111. The second-order valence-electron chi connectivity index (χ2n) is 2.94. The smallest absolute Gasteiger partial charge is 0.323 e. The van der Waals surface area contributed by atoms with Gasteiger partial charge in [-0.25, -0.2) is 9.18 Å². The molecule has 1 aromatic carbocycles. The van der Waals surface area contributed by atoms with Gasteiger partial charge in [-0.3, -0.25) is 4.79 Å². The van der Waals surface area contributed by atoms with Gasteiger partial charge in [0.2, 0.25) is 0 Å². The SMILES string of the molecule is Nc1cc(NC(=O)NCC(=O)O)ccc1F. The zero-order valence-electron chi connectivity index (χ0n) is 8.16. The molecule has 0 atom stereocenters. The average Bonchev–Trinajstić information content (AvgIpc) is 2.21. The third-order valence-electron chi connectivity index (χ3n) is 1.65. The van der Waals surface area contributed by atoms with Gasteiger partial charge in [0.25, 0.3) is 0 Å². The number of nitrogen functional groups attached to an aromatic ring is 1. The highest BCUT2D eigenvalue weighted by Crippen LogP contribution is 2.15. The minimum absolute atomic E-state index is 0.101. The lowest BCUT2D eigenvalue weighted by Gasteiger charge is -2.06. The number of carbonyl (C=O) groups is 2. The number of anilines is 2. The van der Waals surface area contributed by atoms with E-state index in [0.717, 1.165) is 6.07 Å². The first-order chi connectivity index (χ1) is 7.49. The Bertz CT molecular complexity index is 422. The van der Waals surface area contributed by atoms with Crippen LogP contribution in [-0.2, 0) is 4.79 Å². The molecule has 6 nitrogen and oxygen atoms in total. The second kappa shape index (κ2) is 4.96. The summed E-state index contributed by atoms with van der Waals surface area (Å²) in [6, 6.07) is 2.94. The van der Waals surface area contributed by atoms with Gasteiger partial charge in [-0.2, -0.15) is 0 Å². The van der Waals surface area contributed by atoms with Crippen molar-refractivity contribution in [1.29, 1.82) is 0 Å². The van der Waals surface area contributed by atoms with Crippen molar-refractivity contribution >= 4 is 23.4 Å². The molecule has 0 radical (unpaired) electrons. The molecule has 0 aliphatic heterocycles. The summed E-state index contributed by atoms with van der Waals surface area (Å²) in [6.07, 6.45) is 0. The van der Waals surface area contributed by atoms with Gasteiger partial charge in [-0.15, -0.1) is 0 Å². The van der Waals surface area contributed by atoms with Crippen molar-refractivity contribution in [3.63, 3.8) is 0 Å². The van der Waals surface area contributed by atoms with Gasteiger partial charge < -0.3 is 21.5 Å². The Morgan fingerprint density at radius 3 is 2.69 bits per heavy atom. The summed E-state index contributed by atoms with van der Waals surface area (Å²) < 4.78 is 12.8. The number of hydrogen-bond donors (Lipinski definition) is 4. The highest BCUT2D eigenvalue weighted by Gasteiger charge is 2.05. The molecule has 0 bridgehead atoms. The van der Waals surface area contributed by atoms with Gasteiger partial charge >= 0.3 is 12.0 Å². The number of hydrogen-bond acceptors (Lipinski definition) is 3.